The van der Waals surface area contributed by atoms with Gasteiger partial charge >= 0.3 is 0 Å². The maximum atomic E-state index is 4.53. The van der Waals surface area contributed by atoms with Gasteiger partial charge in [-0.2, -0.15) is 0 Å². The van der Waals surface area contributed by atoms with Crippen molar-refractivity contribution in [3.8, 4) is 5.69 Å². The molecule has 0 aliphatic heterocycles. The Labute approximate surface area is 191 Å². The first-order valence-corrected chi connectivity index (χ1v) is 11.6. The number of benzene rings is 1. The highest BCUT2D eigenvalue weighted by Crippen LogP contribution is 2.27. The molecular formula is C29H42N2. The van der Waals surface area contributed by atoms with Crippen LogP contribution in [-0.4, -0.2) is 9.55 Å². The minimum absolute atomic E-state index is 0.509. The molecule has 0 radical (unpaired) electrons. The summed E-state index contributed by atoms with van der Waals surface area (Å²) in [4.78, 5) is 4.53. The van der Waals surface area contributed by atoms with Crippen LogP contribution in [0.5, 0.6) is 0 Å². The summed E-state index contributed by atoms with van der Waals surface area (Å²) in [5, 5.41) is 0. The van der Waals surface area contributed by atoms with Crippen LogP contribution in [0.4, 0.5) is 0 Å². The van der Waals surface area contributed by atoms with E-state index in [-0.39, 0.29) is 0 Å². The summed E-state index contributed by atoms with van der Waals surface area (Å²) in [6.45, 7) is 21.9. The van der Waals surface area contributed by atoms with Crippen molar-refractivity contribution < 1.29 is 0 Å². The van der Waals surface area contributed by atoms with Crippen molar-refractivity contribution in [3.63, 3.8) is 0 Å². The van der Waals surface area contributed by atoms with Crippen LogP contribution >= 0.6 is 0 Å². The van der Waals surface area contributed by atoms with Gasteiger partial charge in [-0.3, -0.25) is 4.57 Å². The fourth-order valence-corrected chi connectivity index (χ4v) is 3.44. The molecule has 0 saturated heterocycles. The number of allylic oxidation sites excluding steroid dienone is 5. The van der Waals surface area contributed by atoms with Gasteiger partial charge in [-0.05, 0) is 55.4 Å². The Morgan fingerprint density at radius 2 is 1.61 bits per heavy atom. The van der Waals surface area contributed by atoms with Crippen molar-refractivity contribution in [2.75, 3.05) is 0 Å². The normalized spacial score (nSPS) is 13.4. The largest absolute Gasteiger partial charge is 0.299 e. The fourth-order valence-electron chi connectivity index (χ4n) is 3.44. The van der Waals surface area contributed by atoms with E-state index in [0.717, 1.165) is 17.3 Å². The first-order valence-electron chi connectivity index (χ1n) is 11.6. The number of hydrogen-bond donors (Lipinski definition) is 0. The minimum Gasteiger partial charge on any atom is -0.299 e. The molecule has 0 spiro atoms. The van der Waals surface area contributed by atoms with Crippen LogP contribution in [0.1, 0.15) is 77.4 Å². The molecule has 31 heavy (non-hydrogen) atoms. The van der Waals surface area contributed by atoms with E-state index in [9.17, 15) is 0 Å². The summed E-state index contributed by atoms with van der Waals surface area (Å²) in [7, 11) is 0. The third-order valence-corrected chi connectivity index (χ3v) is 5.67. The zero-order chi connectivity index (χ0) is 23.6. The summed E-state index contributed by atoms with van der Waals surface area (Å²) < 4.78 is 2.15. The lowest BCUT2D eigenvalue weighted by molar-refractivity contribution is 0.254. The SMILES string of the molecule is CC.CCC(C)C(C)(C)C.Cc1cc(C)c(-n2ccnc2C2=C=CC=CC=C2)c(C)c1. The fraction of sp³-hybridized carbons (Fsp3) is 0.448. The molecule has 168 valence electrons. The molecule has 1 aliphatic carbocycles. The van der Waals surface area contributed by atoms with Gasteiger partial charge in [-0.25, -0.2) is 4.98 Å². The lowest BCUT2D eigenvalue weighted by Crippen LogP contribution is -2.15. The van der Waals surface area contributed by atoms with E-state index in [4.69, 9.17) is 0 Å². The second-order valence-corrected chi connectivity index (χ2v) is 9.01. The van der Waals surface area contributed by atoms with Gasteiger partial charge in [0.15, 0.2) is 5.82 Å². The van der Waals surface area contributed by atoms with Gasteiger partial charge < -0.3 is 0 Å². The average molecular weight is 419 g/mol. The summed E-state index contributed by atoms with van der Waals surface area (Å²) in [6.07, 6.45) is 15.1. The molecule has 2 aromatic rings. The number of imidazole rings is 1. The Balaban J connectivity index is 0.000000409. The maximum Gasteiger partial charge on any atom is 0.152 e. The Bertz CT molecular complexity index is 932. The summed E-state index contributed by atoms with van der Waals surface area (Å²) in [5.74, 6) is 1.77. The van der Waals surface area contributed by atoms with Gasteiger partial charge in [0.05, 0.1) is 11.3 Å². The van der Waals surface area contributed by atoms with E-state index in [2.05, 4.69) is 82.8 Å². The molecule has 1 aromatic carbocycles. The van der Waals surface area contributed by atoms with Crippen LogP contribution in [0.15, 0.2) is 60.6 Å². The first-order chi connectivity index (χ1) is 14.6. The quantitative estimate of drug-likeness (QED) is 0.456. The Kier molecular flexibility index (Phi) is 10.5. The van der Waals surface area contributed by atoms with Gasteiger partial charge in [0.1, 0.15) is 0 Å². The molecule has 2 heteroatoms. The summed E-state index contributed by atoms with van der Waals surface area (Å²) >= 11 is 0. The van der Waals surface area contributed by atoms with Crippen molar-refractivity contribution in [1.29, 1.82) is 0 Å². The lowest BCUT2D eigenvalue weighted by atomic mass is 9.81. The molecule has 0 amide bonds. The standard InChI is InChI=1S/C19H18N2.C8H18.C2H6/c1-14-12-15(2)18(16(3)13-14)21-11-10-20-19(21)17-8-6-4-5-7-9-17;1-6-7(2)8(3,4)5;1-2/h4-8,10-13H,1-3H3;7H,6H2,1-5H3;1-2H3. The number of aromatic nitrogens is 2. The van der Waals surface area contributed by atoms with Crippen LogP contribution in [0.25, 0.3) is 11.3 Å². The molecule has 2 nitrogen and oxygen atoms in total. The highest BCUT2D eigenvalue weighted by atomic mass is 15.1. The molecule has 1 aliphatic rings. The highest BCUT2D eigenvalue weighted by molar-refractivity contribution is 5.72. The zero-order valence-electron chi connectivity index (χ0n) is 21.4. The first kappa shape index (κ1) is 26.5. The highest BCUT2D eigenvalue weighted by Gasteiger charge is 2.17. The predicted molar refractivity (Wildman–Crippen MR) is 138 cm³/mol. The molecule has 0 bridgehead atoms. The van der Waals surface area contributed by atoms with Crippen molar-refractivity contribution in [2.45, 2.75) is 75.7 Å². The number of aryl methyl sites for hydroxylation is 3. The molecule has 1 aromatic heterocycles. The number of rotatable bonds is 3. The Morgan fingerprint density at radius 1 is 1.00 bits per heavy atom. The van der Waals surface area contributed by atoms with E-state index in [1.54, 1.807) is 0 Å². The molecule has 1 heterocycles. The van der Waals surface area contributed by atoms with E-state index in [1.165, 1.54) is 28.8 Å². The van der Waals surface area contributed by atoms with Crippen LogP contribution in [-0.2, 0) is 0 Å². The van der Waals surface area contributed by atoms with Crippen molar-refractivity contribution >= 4 is 5.57 Å². The van der Waals surface area contributed by atoms with E-state index < -0.39 is 0 Å². The van der Waals surface area contributed by atoms with Crippen LogP contribution in [0.3, 0.4) is 0 Å². The Hall–Kier alpha value is -2.57. The second-order valence-electron chi connectivity index (χ2n) is 9.01. The topological polar surface area (TPSA) is 17.8 Å². The van der Waals surface area contributed by atoms with Crippen molar-refractivity contribution in [1.82, 2.24) is 9.55 Å². The number of hydrogen-bond acceptors (Lipinski definition) is 1. The smallest absolute Gasteiger partial charge is 0.152 e. The molecule has 0 saturated carbocycles. The van der Waals surface area contributed by atoms with Crippen LogP contribution in [0.2, 0.25) is 0 Å². The monoisotopic (exact) mass is 418 g/mol. The van der Waals surface area contributed by atoms with Crippen molar-refractivity contribution in [2.24, 2.45) is 11.3 Å². The third-order valence-electron chi connectivity index (χ3n) is 5.67. The zero-order valence-corrected chi connectivity index (χ0v) is 21.4. The van der Waals surface area contributed by atoms with Gasteiger partial charge in [0, 0.05) is 12.4 Å². The predicted octanol–water partition coefficient (Wildman–Crippen LogP) is 8.57. The number of nitrogens with zero attached hydrogens (tertiary/aromatic N) is 2. The minimum atomic E-state index is 0.509. The maximum absolute atomic E-state index is 4.53. The average Bonchev–Trinajstić information content (AvgIpc) is 3.02. The van der Waals surface area contributed by atoms with Crippen molar-refractivity contribution in [3.05, 3.63) is 83.2 Å². The molecule has 3 rings (SSSR count). The summed E-state index contributed by atoms with van der Waals surface area (Å²) in [5.41, 5.74) is 9.78. The molecule has 0 fully saturated rings. The van der Waals surface area contributed by atoms with Gasteiger partial charge in [-0.15, -0.1) is 5.73 Å². The van der Waals surface area contributed by atoms with Gasteiger partial charge in [-0.1, -0.05) is 90.8 Å². The van der Waals surface area contributed by atoms with Crippen LogP contribution < -0.4 is 0 Å². The van der Waals surface area contributed by atoms with E-state index in [1.807, 2.05) is 56.6 Å². The van der Waals surface area contributed by atoms with E-state index in [0.29, 0.717) is 5.41 Å². The third kappa shape index (κ3) is 7.56. The molecule has 1 atom stereocenters. The van der Waals surface area contributed by atoms with Gasteiger partial charge in [0.2, 0.25) is 0 Å². The molecule has 0 N–H and O–H groups in total. The molecule has 1 unspecified atom stereocenters. The summed E-state index contributed by atoms with van der Waals surface area (Å²) in [6, 6.07) is 4.42. The Morgan fingerprint density at radius 3 is 2.13 bits per heavy atom. The second kappa shape index (κ2) is 12.3. The molecular weight excluding hydrogens is 376 g/mol. The lowest BCUT2D eigenvalue weighted by Gasteiger charge is -2.25. The van der Waals surface area contributed by atoms with Gasteiger partial charge in [0.25, 0.3) is 0 Å². The van der Waals surface area contributed by atoms with E-state index >= 15 is 0 Å². The van der Waals surface area contributed by atoms with Crippen LogP contribution in [0, 0.1) is 32.1 Å².